The molecule has 0 atom stereocenters. The number of halogens is 7. The van der Waals surface area contributed by atoms with Gasteiger partial charge in [-0.15, -0.1) is 10.2 Å². The maximum Gasteiger partial charge on any atom is 0.417 e. The van der Waals surface area contributed by atoms with Crippen molar-refractivity contribution < 1.29 is 40.7 Å². The Morgan fingerprint density at radius 3 is 2.35 bits per heavy atom. The van der Waals surface area contributed by atoms with Crippen molar-refractivity contribution in [3.8, 4) is 11.4 Å². The number of nitrogens with one attached hydrogen (secondary N) is 2. The highest BCUT2D eigenvalue weighted by Gasteiger charge is 2.35. The number of nitrogens with zero attached hydrogens (tertiary/aromatic N) is 3. The molecule has 0 radical (unpaired) electrons. The van der Waals surface area contributed by atoms with Crippen LogP contribution in [0.15, 0.2) is 71.9 Å². The number of carbonyl (C=O) groups is 2. The molecule has 226 valence electrons. The summed E-state index contributed by atoms with van der Waals surface area (Å²) >= 11 is 6.82. The molecular formula is C27H20ClF6N5O3S. The highest BCUT2D eigenvalue weighted by molar-refractivity contribution is 7.99. The third-order valence-electron chi connectivity index (χ3n) is 5.81. The summed E-state index contributed by atoms with van der Waals surface area (Å²) in [5, 5.41) is 12.9. The smallest absolute Gasteiger partial charge is 0.417 e. The predicted molar refractivity (Wildman–Crippen MR) is 146 cm³/mol. The lowest BCUT2D eigenvalue weighted by molar-refractivity contribution is -0.138. The second-order valence-corrected chi connectivity index (χ2v) is 10.0. The molecule has 0 saturated heterocycles. The number of para-hydroxylation sites is 2. The molecule has 0 fully saturated rings. The Balaban J connectivity index is 1.57. The lowest BCUT2D eigenvalue weighted by atomic mass is 10.1. The number of aromatic nitrogens is 3. The van der Waals surface area contributed by atoms with E-state index in [0.717, 1.165) is 36.0 Å². The first-order valence-electron chi connectivity index (χ1n) is 12.1. The molecule has 8 nitrogen and oxygen atoms in total. The maximum atomic E-state index is 13.4. The molecule has 3 aromatic carbocycles. The Bertz CT molecular complexity index is 1640. The Morgan fingerprint density at radius 1 is 0.953 bits per heavy atom. The van der Waals surface area contributed by atoms with Crippen LogP contribution in [0.25, 0.3) is 5.69 Å². The third kappa shape index (κ3) is 7.59. The average molecular weight is 644 g/mol. The molecule has 4 rings (SSSR count). The van der Waals surface area contributed by atoms with Crippen LogP contribution in [0, 0.1) is 0 Å². The van der Waals surface area contributed by atoms with Gasteiger partial charge < -0.3 is 15.4 Å². The van der Waals surface area contributed by atoms with E-state index in [0.29, 0.717) is 17.5 Å². The molecule has 0 saturated carbocycles. The van der Waals surface area contributed by atoms with Crippen molar-refractivity contribution in [2.45, 2.75) is 24.1 Å². The SMILES string of the molecule is COc1ccccc1-n1c(CNC(=O)c2ccccc2C(F)(F)F)nnc1SCC(=O)Nc1cc(C(F)(F)F)ccc1Cl. The van der Waals surface area contributed by atoms with Crippen LogP contribution < -0.4 is 15.4 Å². The Kier molecular flexibility index (Phi) is 9.55. The number of ether oxygens (including phenoxy) is 1. The van der Waals surface area contributed by atoms with E-state index in [2.05, 4.69) is 20.8 Å². The first-order chi connectivity index (χ1) is 20.3. The summed E-state index contributed by atoms with van der Waals surface area (Å²) in [4.78, 5) is 25.4. The largest absolute Gasteiger partial charge is 0.495 e. The summed E-state index contributed by atoms with van der Waals surface area (Å²) in [6, 6.07) is 13.4. The summed E-state index contributed by atoms with van der Waals surface area (Å²) in [5.41, 5.74) is -2.55. The van der Waals surface area contributed by atoms with Crippen LogP contribution in [-0.4, -0.2) is 39.4 Å². The number of hydrogen-bond acceptors (Lipinski definition) is 6. The van der Waals surface area contributed by atoms with E-state index in [1.54, 1.807) is 24.3 Å². The number of alkyl halides is 6. The van der Waals surface area contributed by atoms with Gasteiger partial charge in [-0.2, -0.15) is 26.3 Å². The van der Waals surface area contributed by atoms with Gasteiger partial charge in [0, 0.05) is 0 Å². The van der Waals surface area contributed by atoms with Gasteiger partial charge in [-0.3, -0.25) is 14.2 Å². The maximum absolute atomic E-state index is 13.4. The number of thioether (sulfide) groups is 1. The molecule has 2 amide bonds. The number of benzene rings is 3. The zero-order valence-electron chi connectivity index (χ0n) is 21.9. The third-order valence-corrected chi connectivity index (χ3v) is 7.07. The Morgan fingerprint density at radius 2 is 1.65 bits per heavy atom. The number of hydrogen-bond donors (Lipinski definition) is 2. The van der Waals surface area contributed by atoms with Crippen molar-refractivity contribution in [3.63, 3.8) is 0 Å². The molecule has 2 N–H and O–H groups in total. The van der Waals surface area contributed by atoms with Crippen LogP contribution in [0.2, 0.25) is 5.02 Å². The van der Waals surface area contributed by atoms with Crippen molar-refractivity contribution in [3.05, 3.63) is 94.3 Å². The summed E-state index contributed by atoms with van der Waals surface area (Å²) in [6.07, 6.45) is -9.40. The van der Waals surface area contributed by atoms with Gasteiger partial charge in [-0.25, -0.2) is 0 Å². The minimum absolute atomic E-state index is 0.0890. The second-order valence-electron chi connectivity index (χ2n) is 8.66. The Labute approximate surface area is 249 Å². The van der Waals surface area contributed by atoms with E-state index >= 15 is 0 Å². The van der Waals surface area contributed by atoms with E-state index in [-0.39, 0.29) is 34.0 Å². The normalized spacial score (nSPS) is 11.7. The number of amides is 2. The van der Waals surface area contributed by atoms with Crippen LogP contribution >= 0.6 is 23.4 Å². The zero-order valence-corrected chi connectivity index (χ0v) is 23.5. The predicted octanol–water partition coefficient (Wildman–Crippen LogP) is 6.63. The molecule has 1 aromatic heterocycles. The highest BCUT2D eigenvalue weighted by Crippen LogP contribution is 2.35. The average Bonchev–Trinajstić information content (AvgIpc) is 3.37. The van der Waals surface area contributed by atoms with Crippen molar-refractivity contribution in [2.75, 3.05) is 18.2 Å². The summed E-state index contributed by atoms with van der Waals surface area (Å²) < 4.78 is 86.4. The number of anilines is 1. The van der Waals surface area contributed by atoms with Crippen LogP contribution in [0.3, 0.4) is 0 Å². The van der Waals surface area contributed by atoms with Gasteiger partial charge in [0.15, 0.2) is 11.0 Å². The Hall–Kier alpha value is -4.24. The monoisotopic (exact) mass is 643 g/mol. The van der Waals surface area contributed by atoms with Crippen molar-refractivity contribution in [1.82, 2.24) is 20.1 Å². The topological polar surface area (TPSA) is 98.1 Å². The molecule has 0 aliphatic heterocycles. The quantitative estimate of drug-likeness (QED) is 0.157. The van der Waals surface area contributed by atoms with E-state index in [1.165, 1.54) is 23.8 Å². The van der Waals surface area contributed by atoms with Crippen LogP contribution in [0.5, 0.6) is 5.75 Å². The summed E-state index contributed by atoms with van der Waals surface area (Å²) in [6.45, 7) is -0.358. The fourth-order valence-corrected chi connectivity index (χ4v) is 4.79. The standard InChI is InChI=1S/C27H20ClF6N5O3S/c1-42-21-9-5-4-8-20(21)39-22(13-35-24(41)16-6-2-3-7-17(16)27(32,33)34)37-38-25(39)43-14-23(40)36-19-12-15(26(29,30)31)10-11-18(19)28/h2-12H,13-14H2,1H3,(H,35,41)(H,36,40). The first-order valence-corrected chi connectivity index (χ1v) is 13.5. The minimum Gasteiger partial charge on any atom is -0.495 e. The lowest BCUT2D eigenvalue weighted by Gasteiger charge is -2.15. The van der Waals surface area contributed by atoms with E-state index < -0.39 is 40.9 Å². The molecule has 0 bridgehead atoms. The van der Waals surface area contributed by atoms with Gasteiger partial charge in [0.1, 0.15) is 5.75 Å². The summed E-state index contributed by atoms with van der Waals surface area (Å²) in [5.74, 6) is -1.62. The van der Waals surface area contributed by atoms with Crippen LogP contribution in [0.4, 0.5) is 32.0 Å². The molecule has 0 unspecified atom stereocenters. The van der Waals surface area contributed by atoms with Gasteiger partial charge in [0.05, 0.1) is 52.5 Å². The molecule has 16 heteroatoms. The highest BCUT2D eigenvalue weighted by atomic mass is 35.5. The van der Waals surface area contributed by atoms with Gasteiger partial charge in [-0.1, -0.05) is 47.6 Å². The number of methoxy groups -OCH3 is 1. The van der Waals surface area contributed by atoms with Crippen molar-refractivity contribution >= 4 is 40.9 Å². The van der Waals surface area contributed by atoms with E-state index in [9.17, 15) is 35.9 Å². The summed E-state index contributed by atoms with van der Waals surface area (Å²) in [7, 11) is 1.40. The molecule has 0 spiro atoms. The van der Waals surface area contributed by atoms with Gasteiger partial charge in [0.25, 0.3) is 5.91 Å². The van der Waals surface area contributed by atoms with E-state index in [1.807, 2.05) is 0 Å². The second kappa shape index (κ2) is 13.0. The molecule has 43 heavy (non-hydrogen) atoms. The molecule has 0 aliphatic carbocycles. The van der Waals surface area contributed by atoms with Crippen molar-refractivity contribution in [1.29, 1.82) is 0 Å². The number of carbonyl (C=O) groups excluding carboxylic acids is 2. The number of rotatable bonds is 9. The van der Waals surface area contributed by atoms with Gasteiger partial charge in [-0.05, 0) is 42.5 Å². The van der Waals surface area contributed by atoms with Crippen LogP contribution in [-0.2, 0) is 23.7 Å². The minimum atomic E-state index is -4.76. The van der Waals surface area contributed by atoms with Crippen molar-refractivity contribution in [2.24, 2.45) is 0 Å². The molecule has 4 aromatic rings. The zero-order chi connectivity index (χ0) is 31.4. The molecule has 0 aliphatic rings. The molecule has 1 heterocycles. The lowest BCUT2D eigenvalue weighted by Crippen LogP contribution is -2.27. The fourth-order valence-electron chi connectivity index (χ4n) is 3.86. The van der Waals surface area contributed by atoms with Gasteiger partial charge >= 0.3 is 12.4 Å². The first kappa shape index (κ1) is 31.7. The molecular weight excluding hydrogens is 624 g/mol. The van der Waals surface area contributed by atoms with Crippen LogP contribution in [0.1, 0.15) is 27.3 Å². The van der Waals surface area contributed by atoms with E-state index in [4.69, 9.17) is 16.3 Å². The van der Waals surface area contributed by atoms with Gasteiger partial charge in [0.2, 0.25) is 5.91 Å². The fraction of sp³-hybridized carbons (Fsp3) is 0.185.